The van der Waals surface area contributed by atoms with Gasteiger partial charge in [-0.05, 0) is 35.4 Å². The van der Waals surface area contributed by atoms with Gasteiger partial charge < -0.3 is 5.32 Å². The van der Waals surface area contributed by atoms with Crippen LogP contribution in [0.5, 0.6) is 0 Å². The van der Waals surface area contributed by atoms with Crippen molar-refractivity contribution in [3.05, 3.63) is 65.5 Å². The molecule has 23 heavy (non-hydrogen) atoms. The number of benzene rings is 2. The van der Waals surface area contributed by atoms with E-state index in [1.54, 1.807) is 18.2 Å². The average Bonchev–Trinajstić information content (AvgIpc) is 2.51. The first-order valence-corrected chi connectivity index (χ1v) is 8.42. The van der Waals surface area contributed by atoms with Crippen LogP contribution < -0.4 is 10.0 Å². The van der Waals surface area contributed by atoms with Gasteiger partial charge in [0.15, 0.2) is 0 Å². The zero-order valence-corrected chi connectivity index (χ0v) is 13.4. The molecule has 2 aromatic rings. The lowest BCUT2D eigenvalue weighted by Crippen LogP contribution is -2.24. The minimum absolute atomic E-state index is 0.00395. The summed E-state index contributed by atoms with van der Waals surface area (Å²) in [5.74, 6) is -0.610. The number of sulfonamides is 1. The van der Waals surface area contributed by atoms with Crippen LogP contribution in [0.1, 0.15) is 18.1 Å². The molecule has 5 nitrogen and oxygen atoms in total. The van der Waals surface area contributed by atoms with Gasteiger partial charge in [0, 0.05) is 20.0 Å². The van der Waals surface area contributed by atoms with Gasteiger partial charge in [-0.15, -0.1) is 0 Å². The number of rotatable bonds is 6. The average molecular weight is 336 g/mol. The molecule has 0 atom stereocenters. The van der Waals surface area contributed by atoms with Crippen LogP contribution in [0.4, 0.5) is 4.39 Å². The molecule has 0 aromatic heterocycles. The standard InChI is InChI=1S/C16H17FN2O3S/c1-12(20)18-10-14-5-3-7-16(9-14)23(21,22)19-11-13-4-2-6-15(17)8-13/h2-9,19H,10-11H2,1H3,(H,18,20). The molecule has 0 aliphatic heterocycles. The molecule has 7 heteroatoms. The molecular formula is C16H17FN2O3S. The predicted molar refractivity (Wildman–Crippen MR) is 84.4 cm³/mol. The molecule has 0 fully saturated rings. The highest BCUT2D eigenvalue weighted by molar-refractivity contribution is 7.89. The Morgan fingerprint density at radius 3 is 2.35 bits per heavy atom. The molecule has 0 saturated carbocycles. The zero-order chi connectivity index (χ0) is 16.9. The third kappa shape index (κ3) is 5.15. The van der Waals surface area contributed by atoms with E-state index in [1.807, 2.05) is 0 Å². The molecular weight excluding hydrogens is 319 g/mol. The molecule has 0 heterocycles. The second-order valence-corrected chi connectivity index (χ2v) is 6.78. The predicted octanol–water partition coefficient (Wildman–Crippen LogP) is 1.94. The Hall–Kier alpha value is -2.25. The fourth-order valence-corrected chi connectivity index (χ4v) is 3.05. The second kappa shape index (κ2) is 7.34. The first-order valence-electron chi connectivity index (χ1n) is 6.94. The number of hydrogen-bond donors (Lipinski definition) is 2. The molecule has 0 aliphatic rings. The van der Waals surface area contributed by atoms with Crippen molar-refractivity contribution < 1.29 is 17.6 Å². The van der Waals surface area contributed by atoms with Gasteiger partial charge in [0.05, 0.1) is 4.90 Å². The van der Waals surface area contributed by atoms with Gasteiger partial charge in [-0.3, -0.25) is 4.79 Å². The van der Waals surface area contributed by atoms with Gasteiger partial charge >= 0.3 is 0 Å². The number of nitrogens with one attached hydrogen (secondary N) is 2. The normalized spacial score (nSPS) is 11.2. The molecule has 0 unspecified atom stereocenters. The third-order valence-corrected chi connectivity index (χ3v) is 4.50. The summed E-state index contributed by atoms with van der Waals surface area (Å²) in [6.45, 7) is 1.64. The van der Waals surface area contributed by atoms with E-state index in [0.29, 0.717) is 11.1 Å². The van der Waals surface area contributed by atoms with Gasteiger partial charge in [-0.1, -0.05) is 24.3 Å². The summed E-state index contributed by atoms with van der Waals surface area (Å²) in [5.41, 5.74) is 1.21. The van der Waals surface area contributed by atoms with Gasteiger partial charge in [-0.25, -0.2) is 17.5 Å². The topological polar surface area (TPSA) is 75.3 Å². The van der Waals surface area contributed by atoms with Crippen LogP contribution in [0.3, 0.4) is 0 Å². The highest BCUT2D eigenvalue weighted by Gasteiger charge is 2.14. The summed E-state index contributed by atoms with van der Waals surface area (Å²) in [7, 11) is -3.72. The summed E-state index contributed by atoms with van der Waals surface area (Å²) in [4.78, 5) is 11.0. The molecule has 0 aliphatic carbocycles. The van der Waals surface area contributed by atoms with Crippen molar-refractivity contribution in [1.29, 1.82) is 0 Å². The number of halogens is 1. The fraction of sp³-hybridized carbons (Fsp3) is 0.188. The zero-order valence-electron chi connectivity index (χ0n) is 12.5. The summed E-state index contributed by atoms with van der Waals surface area (Å²) in [6.07, 6.45) is 0. The number of carbonyl (C=O) groups excluding carboxylic acids is 1. The molecule has 0 saturated heterocycles. The van der Waals surface area contributed by atoms with Crippen molar-refractivity contribution in [1.82, 2.24) is 10.0 Å². The summed E-state index contributed by atoms with van der Waals surface area (Å²) < 4.78 is 40.1. The van der Waals surface area contributed by atoms with E-state index in [2.05, 4.69) is 10.0 Å². The van der Waals surface area contributed by atoms with E-state index < -0.39 is 15.8 Å². The highest BCUT2D eigenvalue weighted by atomic mass is 32.2. The Kier molecular flexibility index (Phi) is 5.46. The van der Waals surface area contributed by atoms with Crippen molar-refractivity contribution in [3.63, 3.8) is 0 Å². The summed E-state index contributed by atoms with van der Waals surface area (Å²) >= 11 is 0. The molecule has 2 rings (SSSR count). The minimum Gasteiger partial charge on any atom is -0.352 e. The monoisotopic (exact) mass is 336 g/mol. The Balaban J connectivity index is 2.09. The van der Waals surface area contributed by atoms with Gasteiger partial charge in [-0.2, -0.15) is 0 Å². The third-order valence-electron chi connectivity index (χ3n) is 3.11. The van der Waals surface area contributed by atoms with Crippen molar-refractivity contribution in [3.8, 4) is 0 Å². The van der Waals surface area contributed by atoms with Crippen molar-refractivity contribution in [2.45, 2.75) is 24.9 Å². The first-order chi connectivity index (χ1) is 10.9. The Bertz CT molecular complexity index is 806. The van der Waals surface area contributed by atoms with E-state index in [0.717, 1.165) is 0 Å². The summed E-state index contributed by atoms with van der Waals surface area (Å²) in [6, 6.07) is 12.0. The van der Waals surface area contributed by atoms with Gasteiger partial charge in [0.2, 0.25) is 15.9 Å². The molecule has 1 amide bonds. The van der Waals surface area contributed by atoms with Crippen LogP contribution in [0.15, 0.2) is 53.4 Å². The minimum atomic E-state index is -3.72. The Morgan fingerprint density at radius 2 is 1.70 bits per heavy atom. The van der Waals surface area contributed by atoms with Crippen molar-refractivity contribution in [2.24, 2.45) is 0 Å². The Labute approximate surface area is 134 Å². The van der Waals surface area contributed by atoms with E-state index in [4.69, 9.17) is 0 Å². The summed E-state index contributed by atoms with van der Waals surface area (Å²) in [5, 5.41) is 2.61. The lowest BCUT2D eigenvalue weighted by atomic mass is 10.2. The fourth-order valence-electron chi connectivity index (χ4n) is 1.96. The lowest BCUT2D eigenvalue weighted by molar-refractivity contribution is -0.119. The smallest absolute Gasteiger partial charge is 0.240 e. The first kappa shape index (κ1) is 17.1. The van der Waals surface area contributed by atoms with E-state index in [1.165, 1.54) is 37.3 Å². The molecule has 0 radical (unpaired) electrons. The van der Waals surface area contributed by atoms with E-state index >= 15 is 0 Å². The SMILES string of the molecule is CC(=O)NCc1cccc(S(=O)(=O)NCc2cccc(F)c2)c1. The molecule has 122 valence electrons. The quantitative estimate of drug-likeness (QED) is 0.846. The van der Waals surface area contributed by atoms with Crippen molar-refractivity contribution >= 4 is 15.9 Å². The van der Waals surface area contributed by atoms with Gasteiger partial charge in [0.1, 0.15) is 5.82 Å². The number of amides is 1. The largest absolute Gasteiger partial charge is 0.352 e. The molecule has 2 aromatic carbocycles. The van der Waals surface area contributed by atoms with Gasteiger partial charge in [0.25, 0.3) is 0 Å². The van der Waals surface area contributed by atoms with Crippen LogP contribution in [0.25, 0.3) is 0 Å². The maximum atomic E-state index is 13.1. The van der Waals surface area contributed by atoms with E-state index in [9.17, 15) is 17.6 Å². The van der Waals surface area contributed by atoms with Crippen LogP contribution in [-0.2, 0) is 27.9 Å². The highest BCUT2D eigenvalue weighted by Crippen LogP contribution is 2.12. The maximum absolute atomic E-state index is 13.1. The van der Waals surface area contributed by atoms with Crippen LogP contribution in [0, 0.1) is 5.82 Å². The lowest BCUT2D eigenvalue weighted by Gasteiger charge is -2.09. The molecule has 0 spiro atoms. The van der Waals surface area contributed by atoms with E-state index in [-0.39, 0.29) is 23.9 Å². The van der Waals surface area contributed by atoms with Crippen LogP contribution in [0.2, 0.25) is 0 Å². The van der Waals surface area contributed by atoms with Crippen LogP contribution >= 0.6 is 0 Å². The Morgan fingerprint density at radius 1 is 1.04 bits per heavy atom. The second-order valence-electron chi connectivity index (χ2n) is 5.01. The maximum Gasteiger partial charge on any atom is 0.240 e. The number of carbonyl (C=O) groups is 1. The number of hydrogen-bond acceptors (Lipinski definition) is 3. The molecule has 0 bridgehead atoms. The van der Waals surface area contributed by atoms with Crippen molar-refractivity contribution in [2.75, 3.05) is 0 Å². The van der Waals surface area contributed by atoms with Crippen LogP contribution in [-0.4, -0.2) is 14.3 Å². The molecule has 2 N–H and O–H groups in total.